The highest BCUT2D eigenvalue weighted by molar-refractivity contribution is 5.79. The van der Waals surface area contributed by atoms with Crippen LogP contribution >= 0.6 is 0 Å². The monoisotopic (exact) mass is 1200 g/mol. The molecular weight excluding hydrogens is 1090 g/mol. The Labute approximate surface area is 529 Å². The minimum absolute atomic E-state index is 0. The minimum atomic E-state index is -0.171. The molecule has 0 aromatic heterocycles. The second-order valence-corrected chi connectivity index (χ2v) is 30.8. The van der Waals surface area contributed by atoms with Gasteiger partial charge in [0.05, 0.1) is 30.3 Å². The van der Waals surface area contributed by atoms with Gasteiger partial charge in [-0.3, -0.25) is 14.5 Å². The van der Waals surface area contributed by atoms with Crippen LogP contribution in [0.3, 0.4) is 0 Å². The lowest BCUT2D eigenvalue weighted by molar-refractivity contribution is -0.125. The van der Waals surface area contributed by atoms with Crippen LogP contribution in [0.2, 0.25) is 0 Å². The number of benzene rings is 3. The third-order valence-corrected chi connectivity index (χ3v) is 26.1. The molecule has 88 heavy (non-hydrogen) atoms. The quantitative estimate of drug-likeness (QED) is 0.201. The molecule has 480 valence electrons. The van der Waals surface area contributed by atoms with E-state index in [4.69, 9.17) is 9.47 Å². The van der Waals surface area contributed by atoms with Crippen LogP contribution in [0.5, 0.6) is 0 Å². The molecule has 13 heteroatoms. The molecule has 5 aliphatic heterocycles. The van der Waals surface area contributed by atoms with E-state index < -0.39 is 0 Å². The third kappa shape index (κ3) is 11.4. The SMILES string of the molecule is CC(C)C(=O)N[C@H]1CC2(CCN(C[C@H]3C[C@H]4CCC3C4)CC2)c2ccccc21.CCOC(=O)N1CCC(N2CCC3(CC2)C[C@H](NC(C)=O)c2ccccc23)CC1.O=C(OC1CCC1)N1C2CCC3CC(N4CCC5(CCc6ccccc65)CC4)CCC321.[HH].[HH]. The van der Waals surface area contributed by atoms with Gasteiger partial charge in [-0.05, 0) is 256 Å². The first-order chi connectivity index (χ1) is 42.8. The summed E-state index contributed by atoms with van der Waals surface area (Å²) in [6, 6.07) is 28.9. The average Bonchev–Trinajstić information content (AvgIpc) is 1.51. The largest absolute Gasteiger partial charge is 0.450 e. The summed E-state index contributed by atoms with van der Waals surface area (Å²) in [5.74, 6) is 4.04. The zero-order chi connectivity index (χ0) is 60.4. The van der Waals surface area contributed by atoms with Crippen molar-refractivity contribution < 1.29 is 31.5 Å². The molecule has 0 radical (unpaired) electrons. The number of piperidine rings is 5. The fraction of sp³-hybridized carbons (Fsp3) is 0.707. The second kappa shape index (κ2) is 24.9. The summed E-state index contributed by atoms with van der Waals surface area (Å²) in [5, 5.41) is 6.51. The van der Waals surface area contributed by atoms with Crippen molar-refractivity contribution in [3.8, 4) is 0 Å². The van der Waals surface area contributed by atoms with Crippen molar-refractivity contribution in [1.29, 1.82) is 0 Å². The molecule has 4 amide bonds. The normalized spacial score (nSPS) is 32.2. The molecule has 5 unspecified atom stereocenters. The van der Waals surface area contributed by atoms with Gasteiger partial charge in [-0.15, -0.1) is 0 Å². The van der Waals surface area contributed by atoms with Gasteiger partial charge in [0.15, 0.2) is 0 Å². The number of aryl methyl sites for hydroxylation is 1. The molecule has 10 fully saturated rings. The number of carbonyl (C=O) groups excluding carboxylic acids is 4. The van der Waals surface area contributed by atoms with Gasteiger partial charge in [-0.25, -0.2) is 9.59 Å². The molecule has 3 aromatic carbocycles. The van der Waals surface area contributed by atoms with Crippen molar-refractivity contribution >= 4 is 24.0 Å². The summed E-state index contributed by atoms with van der Waals surface area (Å²) >= 11 is 0. The van der Waals surface area contributed by atoms with Gasteiger partial charge < -0.3 is 39.7 Å². The number of rotatable bonds is 9. The smallest absolute Gasteiger partial charge is 0.410 e. The fourth-order valence-electron chi connectivity index (χ4n) is 21.1. The Morgan fingerprint density at radius 2 is 1.22 bits per heavy atom. The molecule has 5 saturated carbocycles. The van der Waals surface area contributed by atoms with Crippen LogP contribution in [-0.2, 0) is 41.7 Å². The number of nitrogens with one attached hydrogen (secondary N) is 2. The van der Waals surface area contributed by atoms with Gasteiger partial charge in [0.2, 0.25) is 11.8 Å². The van der Waals surface area contributed by atoms with Crippen LogP contribution in [0.1, 0.15) is 224 Å². The molecule has 8 aliphatic carbocycles. The first-order valence-electron chi connectivity index (χ1n) is 35.7. The third-order valence-electron chi connectivity index (χ3n) is 26.1. The number of carbonyl (C=O) groups is 4. The number of fused-ring (bicyclic) bond motifs is 8. The minimum Gasteiger partial charge on any atom is -0.450 e. The van der Waals surface area contributed by atoms with Crippen LogP contribution in [-0.4, -0.2) is 144 Å². The Morgan fingerprint density at radius 1 is 0.602 bits per heavy atom. The molecule has 3 aromatic rings. The van der Waals surface area contributed by atoms with E-state index in [0.29, 0.717) is 30.0 Å². The van der Waals surface area contributed by atoms with E-state index in [1.807, 2.05) is 25.7 Å². The lowest BCUT2D eigenvalue weighted by Crippen LogP contribution is -2.51. The maximum absolute atomic E-state index is 12.8. The zero-order valence-corrected chi connectivity index (χ0v) is 54.0. The van der Waals surface area contributed by atoms with Gasteiger partial charge >= 0.3 is 12.2 Å². The van der Waals surface area contributed by atoms with Crippen LogP contribution in [0.4, 0.5) is 9.59 Å². The van der Waals surface area contributed by atoms with E-state index in [0.717, 1.165) is 101 Å². The molecule has 13 aliphatic rings. The Kier molecular flexibility index (Phi) is 17.1. The average molecular weight is 1200 g/mol. The molecule has 5 heterocycles. The van der Waals surface area contributed by atoms with E-state index in [1.165, 1.54) is 158 Å². The number of ether oxygens (including phenoxy) is 2. The van der Waals surface area contributed by atoms with E-state index in [9.17, 15) is 19.2 Å². The number of hydrogen-bond donors (Lipinski definition) is 2. The lowest BCUT2D eigenvalue weighted by atomic mass is 9.72. The fourth-order valence-corrected chi connectivity index (χ4v) is 21.1. The van der Waals surface area contributed by atoms with Crippen LogP contribution in [0, 0.1) is 29.6 Å². The van der Waals surface area contributed by atoms with Crippen molar-refractivity contribution in [3.05, 3.63) is 106 Å². The Hall–Kier alpha value is -4.98. The van der Waals surface area contributed by atoms with E-state index in [1.54, 1.807) is 18.1 Å². The van der Waals surface area contributed by atoms with Crippen LogP contribution < -0.4 is 10.6 Å². The molecule has 4 spiro atoms. The molecular formula is C75H109N7O6. The van der Waals surface area contributed by atoms with Gasteiger partial charge in [0.1, 0.15) is 6.10 Å². The van der Waals surface area contributed by atoms with Crippen molar-refractivity contribution in [2.45, 2.75) is 240 Å². The summed E-state index contributed by atoms with van der Waals surface area (Å²) in [5.41, 5.74) is 10.0. The van der Waals surface area contributed by atoms with E-state index in [-0.39, 0.29) is 67.3 Å². The summed E-state index contributed by atoms with van der Waals surface area (Å²) in [7, 11) is 0. The van der Waals surface area contributed by atoms with Gasteiger partial charge in [0, 0.05) is 58.2 Å². The second-order valence-electron chi connectivity index (χ2n) is 30.8. The van der Waals surface area contributed by atoms with Gasteiger partial charge in [0.25, 0.3) is 0 Å². The predicted molar refractivity (Wildman–Crippen MR) is 349 cm³/mol. The molecule has 2 N–H and O–H groups in total. The number of likely N-dealkylation sites (tertiary alicyclic amines) is 5. The number of hydrogen-bond acceptors (Lipinski definition) is 9. The Morgan fingerprint density at radius 3 is 1.82 bits per heavy atom. The topological polar surface area (TPSA) is 127 Å². The maximum atomic E-state index is 12.8. The van der Waals surface area contributed by atoms with Gasteiger partial charge in [-0.2, -0.15) is 0 Å². The summed E-state index contributed by atoms with van der Waals surface area (Å²) < 4.78 is 10.9. The standard InChI is InChI=1S/C27H36N2O2.C25H36N2O.C23H33N3O3.2H2/c30-25(31-22-5-3-6-22)29-24-9-8-20-18-21(11-13-27(20,24)29)28-16-14-26(15-17-28)12-10-19-4-1-2-7-23(19)26;1-17(2)24(28)26-23-15-25(22-6-4-3-5-21(22)23)9-11-27(12-10-25)16-20-14-18-7-8-19(20)13-18;1-3-29-22(28)26-12-8-18(9-13-26)25-14-10-23(11-15-25)16-21(24-17(2)27)19-6-4-5-7-20(19)23;;/h1-2,4,7,20-22,24H,3,5-6,8-18H2;3-6,17-20,23H,7-16H2,1-2H3,(H,26,28);4-7,18,21H,3,8-16H2,1-2H3,(H,24,27);2*1H/t;18-,19?,20+,23-;21-;;/m.00../s1. The van der Waals surface area contributed by atoms with Crippen molar-refractivity contribution in [2.24, 2.45) is 29.6 Å². The Bertz CT molecular complexity index is 3020. The number of amides is 4. The molecule has 5 saturated heterocycles. The zero-order valence-electron chi connectivity index (χ0n) is 54.0. The van der Waals surface area contributed by atoms with Gasteiger partial charge in [-0.1, -0.05) is 93.1 Å². The highest BCUT2D eigenvalue weighted by Gasteiger charge is 2.73. The van der Waals surface area contributed by atoms with Crippen LogP contribution in [0.15, 0.2) is 72.8 Å². The van der Waals surface area contributed by atoms with E-state index in [2.05, 4.69) is 103 Å². The number of nitrogens with zero attached hydrogens (tertiary/aromatic N) is 5. The highest BCUT2D eigenvalue weighted by Crippen LogP contribution is 2.64. The highest BCUT2D eigenvalue weighted by atomic mass is 16.6. The van der Waals surface area contributed by atoms with Crippen molar-refractivity contribution in [2.75, 3.05) is 65.5 Å². The van der Waals surface area contributed by atoms with Crippen molar-refractivity contribution in [1.82, 2.24) is 35.1 Å². The lowest BCUT2D eigenvalue weighted by Gasteiger charge is -2.46. The first kappa shape index (κ1) is 60.6. The summed E-state index contributed by atoms with van der Waals surface area (Å²) in [4.78, 5) is 61.0. The maximum Gasteiger partial charge on any atom is 0.410 e. The summed E-state index contributed by atoms with van der Waals surface area (Å²) in [6.45, 7) is 17.9. The predicted octanol–water partition coefficient (Wildman–Crippen LogP) is 13.4. The van der Waals surface area contributed by atoms with Crippen LogP contribution in [0.25, 0.3) is 0 Å². The first-order valence-corrected chi connectivity index (χ1v) is 35.7. The molecule has 16 rings (SSSR count). The summed E-state index contributed by atoms with van der Waals surface area (Å²) in [6.07, 6.45) is 30.0. The van der Waals surface area contributed by atoms with Crippen molar-refractivity contribution in [3.63, 3.8) is 0 Å². The molecule has 2 bridgehead atoms. The molecule has 9 atom stereocenters. The molecule has 13 nitrogen and oxygen atoms in total. The van der Waals surface area contributed by atoms with E-state index >= 15 is 0 Å². The Balaban J connectivity index is 0.000000130.